The lowest BCUT2D eigenvalue weighted by Gasteiger charge is -1.61. The van der Waals surface area contributed by atoms with Crippen molar-refractivity contribution in [3.8, 4) is 0 Å². The summed E-state index contributed by atoms with van der Waals surface area (Å²) in [5.41, 5.74) is 0. The standard InChI is InChI=1S/C3H5Cl.H3O2P/c1-3(2)4;1-3-2/h1H2,2H3;3H2,(H,1,2). The lowest BCUT2D eigenvalue weighted by molar-refractivity contribution is 0.524. The van der Waals surface area contributed by atoms with Gasteiger partial charge in [-0.15, -0.1) is 0 Å². The van der Waals surface area contributed by atoms with Crippen molar-refractivity contribution in [2.45, 2.75) is 6.92 Å². The Hall–Kier alpha value is 0.220. The molecule has 0 aliphatic rings. The summed E-state index contributed by atoms with van der Waals surface area (Å²) >= 11 is 5.08. The van der Waals surface area contributed by atoms with Gasteiger partial charge >= 0.3 is 0 Å². The van der Waals surface area contributed by atoms with Gasteiger partial charge in [0, 0.05) is 5.03 Å². The second-order valence-electron chi connectivity index (χ2n) is 0.782. The number of allylic oxidation sites excluding steroid dienone is 1. The monoisotopic (exact) mass is 142 g/mol. The summed E-state index contributed by atoms with van der Waals surface area (Å²) in [6, 6.07) is 0. The average molecular weight is 143 g/mol. The van der Waals surface area contributed by atoms with Crippen molar-refractivity contribution in [1.29, 1.82) is 0 Å². The molecule has 0 aromatic rings. The van der Waals surface area contributed by atoms with Crippen LogP contribution in [0.3, 0.4) is 0 Å². The number of hydrogen-bond acceptors (Lipinski definition) is 1. The summed E-state index contributed by atoms with van der Waals surface area (Å²) in [5.74, 6) is 0. The Bertz CT molecular complexity index is 60.0. The van der Waals surface area contributed by atoms with Crippen LogP contribution in [-0.4, -0.2) is 4.89 Å². The smallest absolute Gasteiger partial charge is 0.177 e. The fourth-order valence-corrected chi connectivity index (χ4v) is 0. The van der Waals surface area contributed by atoms with Crippen molar-refractivity contribution in [2.75, 3.05) is 0 Å². The molecule has 0 spiro atoms. The molecule has 0 heterocycles. The molecule has 0 bridgehead atoms. The summed E-state index contributed by atoms with van der Waals surface area (Å²) < 4.78 is 8.57. The molecule has 0 saturated carbocycles. The fourth-order valence-electron chi connectivity index (χ4n) is 0. The van der Waals surface area contributed by atoms with E-state index in [0.717, 1.165) is 0 Å². The van der Waals surface area contributed by atoms with Gasteiger partial charge in [-0.3, -0.25) is 4.57 Å². The van der Waals surface area contributed by atoms with Gasteiger partial charge in [-0.05, 0) is 6.92 Å². The highest BCUT2D eigenvalue weighted by Crippen LogP contribution is 1.87. The van der Waals surface area contributed by atoms with E-state index in [1.165, 1.54) is 0 Å². The molecule has 0 amide bonds. The van der Waals surface area contributed by atoms with E-state index < -0.39 is 8.69 Å². The predicted molar refractivity (Wildman–Crippen MR) is 33.3 cm³/mol. The van der Waals surface area contributed by atoms with E-state index >= 15 is 0 Å². The molecule has 1 N–H and O–H groups in total. The summed E-state index contributed by atoms with van der Waals surface area (Å²) in [5, 5.41) is 0.639. The second-order valence-corrected chi connectivity index (χ2v) is 1.64. The molecule has 0 radical (unpaired) electrons. The highest BCUT2D eigenvalue weighted by atomic mass is 35.5. The SMILES string of the molecule is C=C(C)Cl.O=[PH2]O. The zero-order chi connectivity index (χ0) is 6.28. The summed E-state index contributed by atoms with van der Waals surface area (Å²) in [4.78, 5) is 7.10. The molecule has 7 heavy (non-hydrogen) atoms. The van der Waals surface area contributed by atoms with Gasteiger partial charge in [-0.25, -0.2) is 0 Å². The summed E-state index contributed by atoms with van der Waals surface area (Å²) in [6.45, 7) is 5.06. The van der Waals surface area contributed by atoms with Gasteiger partial charge in [0.15, 0.2) is 8.69 Å². The van der Waals surface area contributed by atoms with E-state index in [1.54, 1.807) is 6.92 Å². The third-order valence-corrected chi connectivity index (χ3v) is 0. The van der Waals surface area contributed by atoms with Crippen LogP contribution in [-0.2, 0) is 4.57 Å². The van der Waals surface area contributed by atoms with Crippen LogP contribution in [0.25, 0.3) is 0 Å². The van der Waals surface area contributed by atoms with Crippen LogP contribution in [0.15, 0.2) is 11.6 Å². The Morgan fingerprint density at radius 1 is 2.00 bits per heavy atom. The highest BCUT2D eigenvalue weighted by molar-refractivity contribution is 7.16. The molecule has 2 nitrogen and oxygen atoms in total. The van der Waals surface area contributed by atoms with Gasteiger partial charge in [0.05, 0.1) is 0 Å². The van der Waals surface area contributed by atoms with Gasteiger partial charge in [-0.1, -0.05) is 18.2 Å². The number of rotatable bonds is 0. The first-order valence-electron chi connectivity index (χ1n) is 1.54. The maximum Gasteiger partial charge on any atom is 0.177 e. The van der Waals surface area contributed by atoms with Crippen molar-refractivity contribution in [3.05, 3.63) is 11.6 Å². The molecule has 0 saturated heterocycles. The zero-order valence-corrected chi connectivity index (χ0v) is 5.93. The molecular weight excluding hydrogens is 134 g/mol. The van der Waals surface area contributed by atoms with Gasteiger partial charge in [-0.2, -0.15) is 0 Å². The third kappa shape index (κ3) is 2290. The third-order valence-electron chi connectivity index (χ3n) is 0. The van der Waals surface area contributed by atoms with Gasteiger partial charge in [0.25, 0.3) is 0 Å². The first-order valence-corrected chi connectivity index (χ1v) is 2.90. The van der Waals surface area contributed by atoms with E-state index in [4.69, 9.17) is 21.1 Å². The van der Waals surface area contributed by atoms with Gasteiger partial charge in [0.1, 0.15) is 0 Å². The Morgan fingerprint density at radius 2 is 2.00 bits per heavy atom. The lowest BCUT2D eigenvalue weighted by Crippen LogP contribution is -1.34. The van der Waals surface area contributed by atoms with Crippen molar-refractivity contribution >= 4 is 20.3 Å². The predicted octanol–water partition coefficient (Wildman–Crippen LogP) is 1.41. The molecule has 4 heteroatoms. The largest absolute Gasteiger partial charge is 0.348 e. The van der Waals surface area contributed by atoms with E-state index in [2.05, 4.69) is 6.58 Å². The molecule has 0 fully saturated rings. The summed E-state index contributed by atoms with van der Waals surface area (Å²) in [6.07, 6.45) is 0. The second kappa shape index (κ2) is 9.52. The molecule has 0 aliphatic carbocycles. The molecule has 0 aromatic heterocycles. The van der Waals surface area contributed by atoms with Crippen LogP contribution >= 0.6 is 20.3 Å². The minimum atomic E-state index is -1.50. The molecule has 44 valence electrons. The van der Waals surface area contributed by atoms with E-state index in [-0.39, 0.29) is 0 Å². The minimum Gasteiger partial charge on any atom is -0.348 e. The lowest BCUT2D eigenvalue weighted by atomic mass is 10.8. The van der Waals surface area contributed by atoms with Crippen LogP contribution in [0.1, 0.15) is 6.92 Å². The Labute approximate surface area is 49.1 Å². The molecule has 0 aliphatic heterocycles. The van der Waals surface area contributed by atoms with Crippen LogP contribution < -0.4 is 0 Å². The Kier molecular flexibility index (Phi) is 13.9. The Morgan fingerprint density at radius 3 is 2.00 bits per heavy atom. The van der Waals surface area contributed by atoms with Crippen molar-refractivity contribution in [2.24, 2.45) is 0 Å². The molecule has 0 rings (SSSR count). The summed E-state index contributed by atoms with van der Waals surface area (Å²) in [7, 11) is -1.50. The minimum absolute atomic E-state index is 0.639. The van der Waals surface area contributed by atoms with Gasteiger partial charge in [0.2, 0.25) is 0 Å². The molecular formula is C3H8ClO2P. The van der Waals surface area contributed by atoms with Crippen LogP contribution in [0, 0.1) is 0 Å². The number of halogens is 1. The molecule has 1 atom stereocenters. The quantitative estimate of drug-likeness (QED) is 0.520. The normalized spacial score (nSPS) is 7.86. The molecule has 1 unspecified atom stereocenters. The van der Waals surface area contributed by atoms with Crippen molar-refractivity contribution in [3.63, 3.8) is 0 Å². The Balaban J connectivity index is 0. The average Bonchev–Trinajstić information content (AvgIpc) is 1.33. The van der Waals surface area contributed by atoms with E-state index in [1.807, 2.05) is 0 Å². The first-order chi connectivity index (χ1) is 3.15. The highest BCUT2D eigenvalue weighted by Gasteiger charge is 1.55. The number of hydrogen-bond donors (Lipinski definition) is 1. The van der Waals surface area contributed by atoms with Crippen LogP contribution in [0.2, 0.25) is 0 Å². The van der Waals surface area contributed by atoms with E-state index in [0.29, 0.717) is 5.03 Å². The topological polar surface area (TPSA) is 37.3 Å². The maximum atomic E-state index is 8.57. The van der Waals surface area contributed by atoms with Gasteiger partial charge < -0.3 is 4.89 Å². The maximum absolute atomic E-state index is 8.57. The first kappa shape index (κ1) is 10.3. The zero-order valence-electron chi connectivity index (χ0n) is 4.02. The van der Waals surface area contributed by atoms with Crippen LogP contribution in [0.5, 0.6) is 0 Å². The molecule has 0 aromatic carbocycles. The fraction of sp³-hybridized carbons (Fsp3) is 0.333. The van der Waals surface area contributed by atoms with Crippen molar-refractivity contribution < 1.29 is 9.46 Å². The van der Waals surface area contributed by atoms with Crippen LogP contribution in [0.4, 0.5) is 0 Å². The van der Waals surface area contributed by atoms with Crippen molar-refractivity contribution in [1.82, 2.24) is 0 Å². The van der Waals surface area contributed by atoms with E-state index in [9.17, 15) is 0 Å².